The van der Waals surface area contributed by atoms with Gasteiger partial charge in [-0.1, -0.05) is 56.5 Å². The fourth-order valence-electron chi connectivity index (χ4n) is 7.51. The number of allylic oxidation sites excluding steroid dienone is 1. The Morgan fingerprint density at radius 1 is 0.811 bits per heavy atom. The summed E-state index contributed by atoms with van der Waals surface area (Å²) >= 11 is 0. The van der Waals surface area contributed by atoms with Crippen molar-refractivity contribution in [1.82, 2.24) is 4.90 Å². The van der Waals surface area contributed by atoms with Crippen molar-refractivity contribution in [2.24, 2.45) is 23.7 Å². The quantitative estimate of drug-likeness (QED) is 0.332. The zero-order valence-electron chi connectivity index (χ0n) is 23.1. The normalized spacial score (nSPS) is 27.3. The summed E-state index contributed by atoms with van der Waals surface area (Å²) < 4.78 is 6.13. The Labute approximate surface area is 224 Å². The molecule has 5 rings (SSSR count). The predicted molar refractivity (Wildman–Crippen MR) is 154 cm³/mol. The number of ether oxygens (including phenoxy) is 1. The SMILES string of the molecule is CC1CC2CC(C)/C(=C(/c3ccc(O)cc3)c3ccc(OCCCCCCN4CCCC4)cc3)C(C1)C2. The minimum Gasteiger partial charge on any atom is -0.508 e. The van der Waals surface area contributed by atoms with Gasteiger partial charge in [0.15, 0.2) is 0 Å². The molecule has 2 saturated carbocycles. The van der Waals surface area contributed by atoms with Crippen molar-refractivity contribution in [2.75, 3.05) is 26.2 Å². The van der Waals surface area contributed by atoms with Gasteiger partial charge >= 0.3 is 0 Å². The Morgan fingerprint density at radius 2 is 1.49 bits per heavy atom. The van der Waals surface area contributed by atoms with E-state index in [0.29, 0.717) is 17.6 Å². The number of aromatic hydroxyl groups is 1. The van der Waals surface area contributed by atoms with Crippen molar-refractivity contribution >= 4 is 5.57 Å². The Hall–Kier alpha value is -2.26. The van der Waals surface area contributed by atoms with Gasteiger partial charge in [-0.05, 0) is 136 Å². The minimum absolute atomic E-state index is 0.330. The smallest absolute Gasteiger partial charge is 0.119 e. The number of likely N-dealkylation sites (tertiary alicyclic amines) is 1. The molecule has 4 atom stereocenters. The second kappa shape index (κ2) is 12.5. The van der Waals surface area contributed by atoms with E-state index < -0.39 is 0 Å². The van der Waals surface area contributed by atoms with Crippen molar-refractivity contribution in [2.45, 2.75) is 78.1 Å². The van der Waals surface area contributed by atoms with Crippen LogP contribution in [0.5, 0.6) is 11.5 Å². The van der Waals surface area contributed by atoms with E-state index in [1.165, 1.54) is 94.1 Å². The summed E-state index contributed by atoms with van der Waals surface area (Å²) in [5.74, 6) is 4.26. The second-order valence-electron chi connectivity index (χ2n) is 12.2. The molecule has 1 aliphatic heterocycles. The maximum Gasteiger partial charge on any atom is 0.119 e. The molecule has 37 heavy (non-hydrogen) atoms. The summed E-state index contributed by atoms with van der Waals surface area (Å²) in [5, 5.41) is 9.95. The molecule has 1 heterocycles. The molecule has 0 spiro atoms. The second-order valence-corrected chi connectivity index (χ2v) is 12.2. The molecule has 3 fully saturated rings. The van der Waals surface area contributed by atoms with Crippen molar-refractivity contribution in [3.05, 3.63) is 65.2 Å². The lowest BCUT2D eigenvalue weighted by molar-refractivity contribution is 0.163. The summed E-state index contributed by atoms with van der Waals surface area (Å²) in [7, 11) is 0. The van der Waals surface area contributed by atoms with E-state index in [2.05, 4.69) is 55.1 Å². The number of hydrogen-bond acceptors (Lipinski definition) is 3. The zero-order valence-corrected chi connectivity index (χ0v) is 23.1. The van der Waals surface area contributed by atoms with Crippen LogP contribution in [0.1, 0.15) is 89.2 Å². The molecule has 3 heteroatoms. The lowest BCUT2D eigenvalue weighted by Gasteiger charge is -2.44. The molecule has 3 nitrogen and oxygen atoms in total. The molecular formula is C34H47NO2. The highest BCUT2D eigenvalue weighted by molar-refractivity contribution is 5.83. The zero-order chi connectivity index (χ0) is 25.6. The van der Waals surface area contributed by atoms with Gasteiger partial charge in [-0.25, -0.2) is 0 Å². The minimum atomic E-state index is 0.330. The maximum atomic E-state index is 9.95. The standard InChI is InChI=1S/C34H47NO2/c1-25-21-27-23-26(2)33(30(22-25)24-27)34(28-9-13-31(36)14-10-28)29-11-15-32(16-12-29)37-20-8-4-3-5-17-35-18-6-7-19-35/h9-16,25-27,30,36H,3-8,17-24H2,1-2H3/b34-33+. The van der Waals surface area contributed by atoms with Crippen LogP contribution in [0.15, 0.2) is 54.1 Å². The van der Waals surface area contributed by atoms with E-state index in [0.717, 1.165) is 30.6 Å². The molecule has 0 amide bonds. The summed E-state index contributed by atoms with van der Waals surface area (Å²) in [6, 6.07) is 16.7. The Kier molecular flexibility index (Phi) is 8.92. The molecular weight excluding hydrogens is 454 g/mol. The first-order chi connectivity index (χ1) is 18.1. The molecule has 2 aliphatic carbocycles. The van der Waals surface area contributed by atoms with E-state index in [1.807, 2.05) is 12.1 Å². The monoisotopic (exact) mass is 501 g/mol. The molecule has 2 aromatic carbocycles. The topological polar surface area (TPSA) is 32.7 Å². The number of fused-ring (bicyclic) bond motifs is 2. The fourth-order valence-corrected chi connectivity index (χ4v) is 7.51. The number of phenols is 1. The largest absolute Gasteiger partial charge is 0.508 e. The van der Waals surface area contributed by atoms with Gasteiger partial charge < -0.3 is 14.7 Å². The third-order valence-corrected chi connectivity index (χ3v) is 9.12. The average Bonchev–Trinajstić information content (AvgIpc) is 3.40. The number of benzene rings is 2. The van der Waals surface area contributed by atoms with E-state index in [4.69, 9.17) is 4.74 Å². The molecule has 200 valence electrons. The first-order valence-corrected chi connectivity index (χ1v) is 15.1. The van der Waals surface area contributed by atoms with Crippen LogP contribution in [0.4, 0.5) is 0 Å². The lowest BCUT2D eigenvalue weighted by atomic mass is 9.61. The number of unbranched alkanes of at least 4 members (excludes halogenated alkanes) is 3. The van der Waals surface area contributed by atoms with Gasteiger partial charge in [-0.3, -0.25) is 0 Å². The van der Waals surface area contributed by atoms with Gasteiger partial charge in [-0.2, -0.15) is 0 Å². The van der Waals surface area contributed by atoms with Gasteiger partial charge in [0.25, 0.3) is 0 Å². The van der Waals surface area contributed by atoms with Gasteiger partial charge in [0.05, 0.1) is 6.61 Å². The van der Waals surface area contributed by atoms with Crippen LogP contribution in [0.3, 0.4) is 0 Å². The van der Waals surface area contributed by atoms with Crippen molar-refractivity contribution < 1.29 is 9.84 Å². The van der Waals surface area contributed by atoms with Gasteiger partial charge in [0.2, 0.25) is 0 Å². The van der Waals surface area contributed by atoms with E-state index >= 15 is 0 Å². The summed E-state index contributed by atoms with van der Waals surface area (Å²) in [6.07, 6.45) is 13.1. The molecule has 3 aliphatic rings. The number of nitrogens with zero attached hydrogens (tertiary/aromatic N) is 1. The van der Waals surface area contributed by atoms with Crippen molar-refractivity contribution in [3.63, 3.8) is 0 Å². The highest BCUT2D eigenvalue weighted by atomic mass is 16.5. The number of rotatable bonds is 10. The Balaban J connectivity index is 1.24. The van der Waals surface area contributed by atoms with Gasteiger partial charge in [0, 0.05) is 0 Å². The molecule has 1 saturated heterocycles. The van der Waals surface area contributed by atoms with Crippen LogP contribution in [-0.4, -0.2) is 36.2 Å². The van der Waals surface area contributed by atoms with Gasteiger partial charge in [-0.15, -0.1) is 0 Å². The Bertz CT molecular complexity index is 1010. The average molecular weight is 502 g/mol. The Morgan fingerprint density at radius 3 is 2.22 bits per heavy atom. The highest BCUT2D eigenvalue weighted by Crippen LogP contribution is 2.51. The molecule has 2 bridgehead atoms. The summed E-state index contributed by atoms with van der Waals surface area (Å²) in [6.45, 7) is 9.57. The van der Waals surface area contributed by atoms with Crippen molar-refractivity contribution in [1.29, 1.82) is 0 Å². The predicted octanol–water partition coefficient (Wildman–Crippen LogP) is 8.32. The third kappa shape index (κ3) is 6.79. The summed E-state index contributed by atoms with van der Waals surface area (Å²) in [4.78, 5) is 2.61. The number of phenolic OH excluding ortho intramolecular Hbond substituents is 1. The van der Waals surface area contributed by atoms with Crippen LogP contribution < -0.4 is 4.74 Å². The van der Waals surface area contributed by atoms with E-state index in [1.54, 1.807) is 5.57 Å². The first kappa shape index (κ1) is 26.4. The lowest BCUT2D eigenvalue weighted by Crippen LogP contribution is -2.32. The molecule has 0 aromatic heterocycles. The molecule has 0 radical (unpaired) electrons. The van der Waals surface area contributed by atoms with Gasteiger partial charge in [0.1, 0.15) is 11.5 Å². The summed E-state index contributed by atoms with van der Waals surface area (Å²) in [5.41, 5.74) is 5.52. The number of hydrogen-bond donors (Lipinski definition) is 1. The molecule has 4 unspecified atom stereocenters. The maximum absolute atomic E-state index is 9.95. The highest BCUT2D eigenvalue weighted by Gasteiger charge is 2.38. The van der Waals surface area contributed by atoms with Crippen LogP contribution in [0.25, 0.3) is 5.57 Å². The van der Waals surface area contributed by atoms with Crippen molar-refractivity contribution in [3.8, 4) is 11.5 Å². The fraction of sp³-hybridized carbons (Fsp3) is 0.588. The third-order valence-electron chi connectivity index (χ3n) is 9.12. The van der Waals surface area contributed by atoms with Crippen LogP contribution in [0.2, 0.25) is 0 Å². The van der Waals surface area contributed by atoms with E-state index in [9.17, 15) is 5.11 Å². The van der Waals surface area contributed by atoms with Crippen LogP contribution in [0, 0.1) is 23.7 Å². The van der Waals surface area contributed by atoms with Crippen LogP contribution in [-0.2, 0) is 0 Å². The van der Waals surface area contributed by atoms with E-state index in [-0.39, 0.29) is 0 Å². The molecule has 2 aromatic rings. The first-order valence-electron chi connectivity index (χ1n) is 15.1. The molecule has 1 N–H and O–H groups in total. The van der Waals surface area contributed by atoms with Crippen LogP contribution >= 0.6 is 0 Å².